The molecule has 0 aromatic carbocycles. The van der Waals surface area contributed by atoms with Gasteiger partial charge >= 0.3 is 6.18 Å². The Labute approximate surface area is 238 Å². The lowest BCUT2D eigenvalue weighted by molar-refractivity contribution is -0.140. The number of hydrogen-bond donors (Lipinski definition) is 1. The molecule has 2 aromatic rings. The monoisotopic (exact) mass is 623 g/mol. The first-order chi connectivity index (χ1) is 18.3. The minimum atomic E-state index is -4.79. The molecular weight excluding hydrogens is 587 g/mol. The van der Waals surface area contributed by atoms with Crippen LogP contribution in [-0.4, -0.2) is 67.5 Å². The molecule has 3 heterocycles. The van der Waals surface area contributed by atoms with E-state index in [0.29, 0.717) is 43.8 Å². The van der Waals surface area contributed by atoms with E-state index in [1.54, 1.807) is 0 Å². The molecule has 2 atom stereocenters. The summed E-state index contributed by atoms with van der Waals surface area (Å²) in [6, 6.07) is -0.202. The summed E-state index contributed by atoms with van der Waals surface area (Å²) in [6.07, 6.45) is 0.0391. The molecule has 1 aliphatic carbocycles. The molecule has 15 heteroatoms. The summed E-state index contributed by atoms with van der Waals surface area (Å²) >= 11 is 0.828. The lowest BCUT2D eigenvalue weighted by Gasteiger charge is -2.38. The Hall–Kier alpha value is -1.68. The minimum absolute atomic E-state index is 0.0130. The summed E-state index contributed by atoms with van der Waals surface area (Å²) < 4.78 is 88.6. The van der Waals surface area contributed by atoms with Crippen molar-refractivity contribution in [2.24, 2.45) is 0 Å². The van der Waals surface area contributed by atoms with Crippen LogP contribution >= 0.6 is 11.3 Å². The summed E-state index contributed by atoms with van der Waals surface area (Å²) in [4.78, 5) is 11.7. The van der Waals surface area contributed by atoms with E-state index in [2.05, 4.69) is 54.1 Å². The summed E-state index contributed by atoms with van der Waals surface area (Å²) in [5.74, 6) is -1.19. The van der Waals surface area contributed by atoms with Crippen LogP contribution in [0.5, 0.6) is 0 Å². The van der Waals surface area contributed by atoms with Crippen LogP contribution in [-0.2, 0) is 20.6 Å². The first-order valence-corrected chi connectivity index (χ1v) is 18.9. The van der Waals surface area contributed by atoms with Crippen molar-refractivity contribution in [3.05, 3.63) is 22.7 Å². The zero-order chi connectivity index (χ0) is 29.7. The van der Waals surface area contributed by atoms with Gasteiger partial charge in [0.05, 0.1) is 22.3 Å². The van der Waals surface area contributed by atoms with Gasteiger partial charge < -0.3 is 9.74 Å². The fourth-order valence-electron chi connectivity index (χ4n) is 4.84. The SMILES string of the molecule is CC(C)(C)[Si](C)(C)OC1CCC(c2nc(C(F)(F)F)c(-c3nc(NC4CCN(S(C)(=O)=O)CC4)ncc3F)s2)C1. The van der Waals surface area contributed by atoms with Gasteiger partial charge in [0.2, 0.25) is 16.0 Å². The highest BCUT2D eigenvalue weighted by Gasteiger charge is 2.43. The van der Waals surface area contributed by atoms with Crippen molar-refractivity contribution < 1.29 is 30.4 Å². The van der Waals surface area contributed by atoms with Gasteiger partial charge in [-0.3, -0.25) is 0 Å². The van der Waals surface area contributed by atoms with E-state index in [1.807, 2.05) is 0 Å². The molecular formula is C25H37F4N5O3S2Si. The molecule has 1 N–H and O–H groups in total. The normalized spacial score (nSPS) is 22.1. The third kappa shape index (κ3) is 7.02. The second kappa shape index (κ2) is 11.2. The molecule has 2 aromatic heterocycles. The third-order valence-corrected chi connectivity index (χ3v) is 15.2. The van der Waals surface area contributed by atoms with E-state index in [0.717, 1.165) is 30.2 Å². The van der Waals surface area contributed by atoms with Gasteiger partial charge in [0, 0.05) is 31.2 Å². The van der Waals surface area contributed by atoms with E-state index < -0.39 is 41.7 Å². The molecule has 1 saturated heterocycles. The minimum Gasteiger partial charge on any atom is -0.414 e. The highest BCUT2D eigenvalue weighted by Crippen LogP contribution is 2.47. The van der Waals surface area contributed by atoms with Gasteiger partial charge in [0.1, 0.15) is 5.69 Å². The maximum atomic E-state index is 14.9. The van der Waals surface area contributed by atoms with Crippen LogP contribution in [0, 0.1) is 5.82 Å². The molecule has 0 spiro atoms. The molecule has 40 heavy (non-hydrogen) atoms. The highest BCUT2D eigenvalue weighted by atomic mass is 32.2. The lowest BCUT2D eigenvalue weighted by atomic mass is 10.1. The number of sulfonamides is 1. The molecule has 224 valence electrons. The number of thiazole rings is 1. The molecule has 8 nitrogen and oxygen atoms in total. The first kappa shape index (κ1) is 31.3. The van der Waals surface area contributed by atoms with Gasteiger partial charge in [0.25, 0.3) is 0 Å². The topological polar surface area (TPSA) is 97.3 Å². The zero-order valence-electron chi connectivity index (χ0n) is 23.6. The Balaban J connectivity index is 1.55. The smallest absolute Gasteiger partial charge is 0.414 e. The molecule has 4 rings (SSSR count). The number of rotatable bonds is 7. The Bertz CT molecular complexity index is 1320. The largest absolute Gasteiger partial charge is 0.434 e. The molecule has 0 bridgehead atoms. The van der Waals surface area contributed by atoms with Crippen LogP contribution in [0.2, 0.25) is 18.1 Å². The molecule has 1 aliphatic heterocycles. The number of nitrogens with zero attached hydrogens (tertiary/aromatic N) is 4. The molecule has 0 radical (unpaired) electrons. The Morgan fingerprint density at radius 1 is 1.10 bits per heavy atom. The predicted octanol–water partition coefficient (Wildman–Crippen LogP) is 6.25. The number of nitrogens with one attached hydrogen (secondary N) is 1. The molecule has 1 saturated carbocycles. The van der Waals surface area contributed by atoms with E-state index in [4.69, 9.17) is 4.43 Å². The van der Waals surface area contributed by atoms with Crippen LogP contribution < -0.4 is 5.32 Å². The lowest BCUT2D eigenvalue weighted by Crippen LogP contribution is -2.43. The number of halogens is 4. The Morgan fingerprint density at radius 2 is 1.75 bits per heavy atom. The van der Waals surface area contributed by atoms with Gasteiger partial charge in [0.15, 0.2) is 19.8 Å². The van der Waals surface area contributed by atoms with Crippen molar-refractivity contribution in [3.8, 4) is 10.6 Å². The number of piperidine rings is 1. The second-order valence-electron chi connectivity index (χ2n) is 12.2. The summed E-state index contributed by atoms with van der Waals surface area (Å²) in [7, 11) is -5.34. The van der Waals surface area contributed by atoms with Crippen LogP contribution in [0.25, 0.3) is 10.6 Å². The van der Waals surface area contributed by atoms with Gasteiger partial charge in [-0.1, -0.05) is 20.8 Å². The maximum Gasteiger partial charge on any atom is 0.434 e. The maximum absolute atomic E-state index is 14.9. The molecule has 2 unspecified atom stereocenters. The summed E-state index contributed by atoms with van der Waals surface area (Å²) in [5.41, 5.74) is -1.60. The van der Waals surface area contributed by atoms with Crippen molar-refractivity contribution in [3.63, 3.8) is 0 Å². The van der Waals surface area contributed by atoms with E-state index in [1.165, 1.54) is 4.31 Å². The molecule has 0 amide bonds. The van der Waals surface area contributed by atoms with Gasteiger partial charge in [-0.05, 0) is 50.2 Å². The number of aromatic nitrogens is 3. The van der Waals surface area contributed by atoms with Crippen LogP contribution in [0.1, 0.15) is 69.5 Å². The third-order valence-electron chi connectivity index (χ3n) is 8.13. The van der Waals surface area contributed by atoms with Crippen molar-refractivity contribution in [1.29, 1.82) is 0 Å². The molecule has 2 fully saturated rings. The summed E-state index contributed by atoms with van der Waals surface area (Å²) in [5, 5.41) is 3.36. The highest BCUT2D eigenvalue weighted by molar-refractivity contribution is 7.88. The fraction of sp³-hybridized carbons (Fsp3) is 0.720. The van der Waals surface area contributed by atoms with Gasteiger partial charge in [-0.15, -0.1) is 11.3 Å². The Kier molecular flexibility index (Phi) is 8.75. The predicted molar refractivity (Wildman–Crippen MR) is 150 cm³/mol. The number of hydrogen-bond acceptors (Lipinski definition) is 8. The van der Waals surface area contributed by atoms with E-state index in [9.17, 15) is 26.0 Å². The summed E-state index contributed by atoms with van der Waals surface area (Å²) in [6.45, 7) is 11.3. The zero-order valence-corrected chi connectivity index (χ0v) is 26.2. The van der Waals surface area contributed by atoms with E-state index >= 15 is 0 Å². The quantitative estimate of drug-likeness (QED) is 0.288. The average molecular weight is 624 g/mol. The van der Waals surface area contributed by atoms with E-state index in [-0.39, 0.29) is 33.9 Å². The standard InChI is InChI=1S/C25H37F4N5O3S2Si/c1-24(2,3)40(5,6)37-17-8-7-15(13-17)22-33-21(25(27,28)29)20(38-22)19-18(26)14-30-23(32-19)31-16-9-11-34(12-10-16)39(4,35)36/h14-17H,7-13H2,1-6H3,(H,30,31,32). The second-order valence-corrected chi connectivity index (χ2v) is 20.0. The fourth-order valence-corrected chi connectivity index (χ4v) is 8.34. The van der Waals surface area contributed by atoms with Crippen LogP contribution in [0.4, 0.5) is 23.5 Å². The Morgan fingerprint density at radius 3 is 2.33 bits per heavy atom. The number of alkyl halides is 3. The number of anilines is 1. The van der Waals surface area contributed by atoms with Crippen molar-refractivity contribution in [2.75, 3.05) is 24.7 Å². The van der Waals surface area contributed by atoms with Crippen LogP contribution in [0.3, 0.4) is 0 Å². The van der Waals surface area contributed by atoms with Gasteiger partial charge in [-0.25, -0.2) is 32.1 Å². The molecule has 2 aliphatic rings. The average Bonchev–Trinajstić information content (AvgIpc) is 3.46. The van der Waals surface area contributed by atoms with Crippen molar-refractivity contribution >= 4 is 35.6 Å². The van der Waals surface area contributed by atoms with Gasteiger partial charge in [-0.2, -0.15) is 13.2 Å². The van der Waals surface area contributed by atoms with Crippen LogP contribution in [0.15, 0.2) is 6.20 Å². The van der Waals surface area contributed by atoms with Crippen molar-refractivity contribution in [1.82, 2.24) is 19.3 Å². The first-order valence-electron chi connectivity index (χ1n) is 13.4. The van der Waals surface area contributed by atoms with Crippen molar-refractivity contribution in [2.45, 2.75) is 95.2 Å².